The molecule has 0 aromatic heterocycles. The van der Waals surface area contributed by atoms with Crippen LogP contribution in [0.4, 0.5) is 0 Å². The highest BCUT2D eigenvalue weighted by Crippen LogP contribution is 2.75. The summed E-state index contributed by atoms with van der Waals surface area (Å²) < 4.78 is 6.29. The zero-order chi connectivity index (χ0) is 34.0. The lowest BCUT2D eigenvalue weighted by molar-refractivity contribution is -0.204. The molecular weight excluding hydrogens is 586 g/mol. The highest BCUT2D eigenvalue weighted by atomic mass is 16.5. The molecule has 0 saturated heterocycles. The number of esters is 1. The largest absolute Gasteiger partial charge is 0.481 e. The summed E-state index contributed by atoms with van der Waals surface area (Å²) >= 11 is 0. The first-order valence-corrected chi connectivity index (χ1v) is 18.5. The fourth-order valence-electron chi connectivity index (χ4n) is 12.2. The summed E-state index contributed by atoms with van der Waals surface area (Å²) in [7, 11) is 0. The predicted octanol–water partition coefficient (Wildman–Crippen LogP) is 8.99. The molecule has 4 fully saturated rings. The van der Waals surface area contributed by atoms with Crippen molar-refractivity contribution in [1.29, 1.82) is 0 Å². The molecule has 2 N–H and O–H groups in total. The molecule has 6 heteroatoms. The van der Waals surface area contributed by atoms with Crippen molar-refractivity contribution in [3.8, 4) is 0 Å². The quantitative estimate of drug-likeness (QED) is 0.175. The third kappa shape index (κ3) is 5.39. The standard InChI is InChI=1S/C41H59NO5/c1-36(2)21-23-41(35(46)42-25-11-14-33(43)44)24-22-39(6)28(29(41)26-36)15-16-31-38(5)19-18-32(47-34(45)27-12-9-8-10-13-27)37(3,4)30(38)17-20-40(31,39)7/h8-10,12-13,15,29-32H,11,14,16-26H2,1-7H3,(H,42,46)(H,43,44)/t29-,30-,31+,32-,38-,39+,40+,41-/m0/s1. The van der Waals surface area contributed by atoms with E-state index in [1.165, 1.54) is 0 Å². The Kier molecular flexibility index (Phi) is 8.57. The van der Waals surface area contributed by atoms with Gasteiger partial charge in [-0.2, -0.15) is 0 Å². The summed E-state index contributed by atoms with van der Waals surface area (Å²) in [5.41, 5.74) is 2.10. The normalized spacial score (nSPS) is 39.9. The number of benzene rings is 1. The number of carboxylic acids is 1. The Labute approximate surface area is 282 Å². The van der Waals surface area contributed by atoms with Crippen LogP contribution in [0.3, 0.4) is 0 Å². The van der Waals surface area contributed by atoms with E-state index in [0.717, 1.165) is 64.2 Å². The summed E-state index contributed by atoms with van der Waals surface area (Å²) in [6.07, 6.45) is 13.2. The van der Waals surface area contributed by atoms with Crippen LogP contribution >= 0.6 is 0 Å². The first-order valence-electron chi connectivity index (χ1n) is 18.5. The van der Waals surface area contributed by atoms with E-state index in [1.54, 1.807) is 5.57 Å². The topological polar surface area (TPSA) is 92.7 Å². The van der Waals surface area contributed by atoms with Gasteiger partial charge in [-0.05, 0) is 122 Å². The molecule has 5 aliphatic carbocycles. The van der Waals surface area contributed by atoms with Gasteiger partial charge in [-0.15, -0.1) is 0 Å². The van der Waals surface area contributed by atoms with Gasteiger partial charge in [-0.1, -0.05) is 78.3 Å². The van der Waals surface area contributed by atoms with Gasteiger partial charge in [0.25, 0.3) is 0 Å². The number of allylic oxidation sites excluding steroid dienone is 2. The average molecular weight is 646 g/mol. The number of carboxylic acid groups (broad SMARTS) is 1. The van der Waals surface area contributed by atoms with Crippen LogP contribution in [-0.2, 0) is 14.3 Å². The fourth-order valence-corrected chi connectivity index (χ4v) is 12.2. The molecule has 0 bridgehead atoms. The van der Waals surface area contributed by atoms with Gasteiger partial charge >= 0.3 is 11.9 Å². The summed E-state index contributed by atoms with van der Waals surface area (Å²) in [4.78, 5) is 38.4. The van der Waals surface area contributed by atoms with Gasteiger partial charge in [-0.3, -0.25) is 9.59 Å². The molecule has 4 saturated carbocycles. The number of ether oxygens (including phenoxy) is 1. The van der Waals surface area contributed by atoms with Gasteiger partial charge in [0, 0.05) is 18.4 Å². The van der Waals surface area contributed by atoms with Crippen LogP contribution in [0.2, 0.25) is 0 Å². The summed E-state index contributed by atoms with van der Waals surface area (Å²) in [6.45, 7) is 17.6. The average Bonchev–Trinajstić information content (AvgIpc) is 3.01. The molecule has 6 nitrogen and oxygen atoms in total. The third-order valence-electron chi connectivity index (χ3n) is 15.1. The molecule has 0 aliphatic heterocycles. The molecule has 0 radical (unpaired) electrons. The van der Waals surface area contributed by atoms with Gasteiger partial charge < -0.3 is 15.2 Å². The van der Waals surface area contributed by atoms with E-state index in [9.17, 15) is 14.4 Å². The van der Waals surface area contributed by atoms with E-state index in [0.29, 0.717) is 30.4 Å². The Balaban J connectivity index is 1.28. The maximum atomic E-state index is 14.1. The highest BCUT2D eigenvalue weighted by Gasteiger charge is 2.69. The van der Waals surface area contributed by atoms with Crippen molar-refractivity contribution in [2.24, 2.45) is 50.2 Å². The Bertz CT molecular complexity index is 1430. The number of amides is 1. The smallest absolute Gasteiger partial charge is 0.338 e. The number of hydrogen-bond acceptors (Lipinski definition) is 4. The van der Waals surface area contributed by atoms with Crippen LogP contribution in [0.25, 0.3) is 0 Å². The first kappa shape index (κ1) is 34.2. The summed E-state index contributed by atoms with van der Waals surface area (Å²) in [5.74, 6) is 0.338. The second kappa shape index (κ2) is 11.8. The van der Waals surface area contributed by atoms with Gasteiger partial charge in [0.2, 0.25) is 5.91 Å². The molecular formula is C41H59NO5. The van der Waals surface area contributed by atoms with E-state index >= 15 is 0 Å². The van der Waals surface area contributed by atoms with Gasteiger partial charge in [-0.25, -0.2) is 4.79 Å². The Morgan fingerprint density at radius 2 is 1.57 bits per heavy atom. The van der Waals surface area contributed by atoms with Crippen molar-refractivity contribution < 1.29 is 24.2 Å². The van der Waals surface area contributed by atoms with E-state index in [4.69, 9.17) is 9.84 Å². The minimum Gasteiger partial charge on any atom is -0.481 e. The number of rotatable bonds is 7. The Hall–Kier alpha value is -2.63. The van der Waals surface area contributed by atoms with Gasteiger partial charge in [0.15, 0.2) is 0 Å². The Morgan fingerprint density at radius 1 is 0.872 bits per heavy atom. The molecule has 8 atom stereocenters. The van der Waals surface area contributed by atoms with Crippen LogP contribution in [-0.4, -0.2) is 35.6 Å². The predicted molar refractivity (Wildman–Crippen MR) is 185 cm³/mol. The molecule has 1 aromatic rings. The van der Waals surface area contributed by atoms with Crippen molar-refractivity contribution >= 4 is 17.8 Å². The fraction of sp³-hybridized carbons (Fsp3) is 0.732. The van der Waals surface area contributed by atoms with E-state index < -0.39 is 11.4 Å². The van der Waals surface area contributed by atoms with Crippen LogP contribution in [0.1, 0.15) is 136 Å². The lowest BCUT2D eigenvalue weighted by atomic mass is 9.33. The number of nitrogens with one attached hydrogen (secondary N) is 1. The van der Waals surface area contributed by atoms with Crippen molar-refractivity contribution in [3.63, 3.8) is 0 Å². The number of aliphatic carboxylic acids is 1. The van der Waals surface area contributed by atoms with Crippen LogP contribution in [0.15, 0.2) is 42.0 Å². The van der Waals surface area contributed by atoms with Crippen LogP contribution in [0, 0.1) is 50.2 Å². The second-order valence-corrected chi connectivity index (χ2v) is 18.2. The maximum Gasteiger partial charge on any atom is 0.338 e. The van der Waals surface area contributed by atoms with E-state index in [2.05, 4.69) is 59.9 Å². The van der Waals surface area contributed by atoms with Crippen molar-refractivity contribution in [2.75, 3.05) is 6.54 Å². The monoisotopic (exact) mass is 645 g/mol. The zero-order valence-corrected chi connectivity index (χ0v) is 30.0. The molecule has 47 heavy (non-hydrogen) atoms. The van der Waals surface area contributed by atoms with E-state index in [1.807, 2.05) is 30.3 Å². The summed E-state index contributed by atoms with van der Waals surface area (Å²) in [5, 5.41) is 12.3. The van der Waals surface area contributed by atoms with Gasteiger partial charge in [0.05, 0.1) is 11.0 Å². The van der Waals surface area contributed by atoms with Crippen molar-refractivity contribution in [3.05, 3.63) is 47.5 Å². The third-order valence-corrected chi connectivity index (χ3v) is 15.1. The van der Waals surface area contributed by atoms with Gasteiger partial charge in [0.1, 0.15) is 6.10 Å². The minimum atomic E-state index is -0.813. The zero-order valence-electron chi connectivity index (χ0n) is 30.0. The SMILES string of the molecule is CC1(C)CC[C@]2(C(=O)NCCCC(=O)O)CC[C@]3(C)C(=CC[C@@H]4[C@@]5(C)CC[C@H](OC(=O)c6ccccc6)C(C)(C)[C@@H]5CC[C@]43C)[C@@H]2C1. The molecule has 1 aromatic carbocycles. The van der Waals surface area contributed by atoms with Crippen molar-refractivity contribution in [2.45, 2.75) is 132 Å². The van der Waals surface area contributed by atoms with Crippen molar-refractivity contribution in [1.82, 2.24) is 5.32 Å². The summed E-state index contributed by atoms with van der Waals surface area (Å²) in [6, 6.07) is 9.40. The number of fused-ring (bicyclic) bond motifs is 7. The lowest BCUT2D eigenvalue weighted by Crippen LogP contribution is -2.65. The first-order chi connectivity index (χ1) is 22.0. The molecule has 1 amide bonds. The molecule has 258 valence electrons. The van der Waals surface area contributed by atoms with Crippen LogP contribution in [0.5, 0.6) is 0 Å². The molecule has 5 aliphatic rings. The maximum absolute atomic E-state index is 14.1. The van der Waals surface area contributed by atoms with Crippen LogP contribution < -0.4 is 5.32 Å². The number of carbonyl (C=O) groups is 3. The molecule has 0 spiro atoms. The Morgan fingerprint density at radius 3 is 2.28 bits per heavy atom. The molecule has 6 rings (SSSR count). The number of carbonyl (C=O) groups excluding carboxylic acids is 2. The lowest BCUT2D eigenvalue weighted by Gasteiger charge is -2.71. The van der Waals surface area contributed by atoms with E-state index in [-0.39, 0.29) is 57.4 Å². The highest BCUT2D eigenvalue weighted by molar-refractivity contribution is 5.89. The minimum absolute atomic E-state index is 0.0236. The second-order valence-electron chi connectivity index (χ2n) is 18.2. The molecule has 0 heterocycles. The molecule has 0 unspecified atom stereocenters. The number of hydrogen-bond donors (Lipinski definition) is 2.